The summed E-state index contributed by atoms with van der Waals surface area (Å²) in [7, 11) is 0. The average Bonchev–Trinajstić information content (AvgIpc) is 2.65. The minimum atomic E-state index is -0.147. The Morgan fingerprint density at radius 3 is 2.67 bits per heavy atom. The van der Waals surface area contributed by atoms with E-state index < -0.39 is 0 Å². The Bertz CT molecular complexity index is 253. The summed E-state index contributed by atoms with van der Waals surface area (Å²) in [4.78, 5) is 24.9. The summed E-state index contributed by atoms with van der Waals surface area (Å²) in [5.41, 5.74) is 0. The highest BCUT2D eigenvalue weighted by molar-refractivity contribution is 5.89. The fraction of sp³-hybridized carbons (Fsp3) is 0.818. The SMILES string of the molecule is CCC(C)N(CC)C(=O)C1CNC(=O)C1. The highest BCUT2D eigenvalue weighted by Gasteiger charge is 2.31. The fourth-order valence-corrected chi connectivity index (χ4v) is 1.92. The summed E-state index contributed by atoms with van der Waals surface area (Å²) in [5.74, 6) is -0.0368. The predicted octanol–water partition coefficient (Wildman–Crippen LogP) is 0.770. The van der Waals surface area contributed by atoms with Crippen LogP contribution in [-0.4, -0.2) is 35.8 Å². The van der Waals surface area contributed by atoms with Crippen LogP contribution in [-0.2, 0) is 9.59 Å². The molecule has 1 saturated heterocycles. The van der Waals surface area contributed by atoms with Crippen molar-refractivity contribution in [2.45, 2.75) is 39.7 Å². The van der Waals surface area contributed by atoms with E-state index in [9.17, 15) is 9.59 Å². The molecule has 0 aromatic heterocycles. The van der Waals surface area contributed by atoms with Gasteiger partial charge in [0.15, 0.2) is 0 Å². The summed E-state index contributed by atoms with van der Waals surface area (Å²) >= 11 is 0. The van der Waals surface area contributed by atoms with E-state index in [0.29, 0.717) is 13.0 Å². The van der Waals surface area contributed by atoms with Gasteiger partial charge in [0.1, 0.15) is 0 Å². The van der Waals surface area contributed by atoms with Crippen LogP contribution in [0.15, 0.2) is 0 Å². The number of rotatable bonds is 4. The van der Waals surface area contributed by atoms with Gasteiger partial charge in [-0.25, -0.2) is 0 Å². The standard InChI is InChI=1S/C11H20N2O2/c1-4-8(3)13(5-2)11(15)9-6-10(14)12-7-9/h8-9H,4-7H2,1-3H3,(H,12,14). The van der Waals surface area contributed by atoms with E-state index >= 15 is 0 Å². The zero-order chi connectivity index (χ0) is 11.4. The normalized spacial score (nSPS) is 22.3. The van der Waals surface area contributed by atoms with Crippen molar-refractivity contribution in [2.24, 2.45) is 5.92 Å². The molecule has 86 valence electrons. The van der Waals surface area contributed by atoms with Gasteiger partial charge in [0, 0.05) is 25.6 Å². The molecule has 15 heavy (non-hydrogen) atoms. The lowest BCUT2D eigenvalue weighted by Crippen LogP contribution is -2.42. The summed E-state index contributed by atoms with van der Waals surface area (Å²) in [5, 5.41) is 2.70. The van der Waals surface area contributed by atoms with Gasteiger partial charge in [0.05, 0.1) is 5.92 Å². The number of carbonyl (C=O) groups is 2. The lowest BCUT2D eigenvalue weighted by molar-refractivity contribution is -0.137. The van der Waals surface area contributed by atoms with Crippen molar-refractivity contribution in [1.82, 2.24) is 10.2 Å². The molecule has 1 rings (SSSR count). The van der Waals surface area contributed by atoms with Crippen molar-refractivity contribution < 1.29 is 9.59 Å². The van der Waals surface area contributed by atoms with E-state index in [2.05, 4.69) is 12.2 Å². The Morgan fingerprint density at radius 2 is 2.27 bits per heavy atom. The highest BCUT2D eigenvalue weighted by atomic mass is 16.2. The summed E-state index contributed by atoms with van der Waals surface area (Å²) < 4.78 is 0. The molecule has 1 aliphatic heterocycles. The third kappa shape index (κ3) is 2.70. The Balaban J connectivity index is 2.60. The molecule has 0 aromatic rings. The van der Waals surface area contributed by atoms with Gasteiger partial charge in [-0.05, 0) is 20.3 Å². The van der Waals surface area contributed by atoms with Crippen LogP contribution in [0.25, 0.3) is 0 Å². The van der Waals surface area contributed by atoms with E-state index in [0.717, 1.165) is 13.0 Å². The van der Waals surface area contributed by atoms with E-state index in [-0.39, 0.29) is 23.8 Å². The molecule has 1 heterocycles. The van der Waals surface area contributed by atoms with E-state index in [1.165, 1.54) is 0 Å². The van der Waals surface area contributed by atoms with E-state index in [4.69, 9.17) is 0 Å². The molecule has 2 unspecified atom stereocenters. The van der Waals surface area contributed by atoms with Crippen LogP contribution < -0.4 is 5.32 Å². The lowest BCUT2D eigenvalue weighted by Gasteiger charge is -2.29. The molecule has 0 radical (unpaired) electrons. The zero-order valence-electron chi connectivity index (χ0n) is 9.75. The highest BCUT2D eigenvalue weighted by Crippen LogP contribution is 2.15. The van der Waals surface area contributed by atoms with Gasteiger partial charge >= 0.3 is 0 Å². The molecule has 0 bridgehead atoms. The molecule has 1 aliphatic rings. The third-order valence-corrected chi connectivity index (χ3v) is 3.07. The number of carbonyl (C=O) groups excluding carboxylic acids is 2. The number of hydrogen-bond acceptors (Lipinski definition) is 2. The second-order valence-corrected chi connectivity index (χ2v) is 4.09. The van der Waals surface area contributed by atoms with Crippen LogP contribution >= 0.6 is 0 Å². The Hall–Kier alpha value is -1.06. The maximum Gasteiger partial charge on any atom is 0.228 e. The Labute approximate surface area is 91.0 Å². The smallest absolute Gasteiger partial charge is 0.228 e. The quantitative estimate of drug-likeness (QED) is 0.748. The first kappa shape index (κ1) is 12.0. The second-order valence-electron chi connectivity index (χ2n) is 4.09. The van der Waals surface area contributed by atoms with Gasteiger partial charge in [-0.3, -0.25) is 9.59 Å². The van der Waals surface area contributed by atoms with Gasteiger partial charge in [0.2, 0.25) is 11.8 Å². The molecule has 0 aliphatic carbocycles. The summed E-state index contributed by atoms with van der Waals surface area (Å²) in [6.45, 7) is 7.32. The summed E-state index contributed by atoms with van der Waals surface area (Å²) in [6.07, 6.45) is 1.31. The van der Waals surface area contributed by atoms with Gasteiger partial charge in [-0.2, -0.15) is 0 Å². The first-order valence-corrected chi connectivity index (χ1v) is 5.67. The largest absolute Gasteiger partial charge is 0.355 e. The van der Waals surface area contributed by atoms with Crippen LogP contribution in [0.1, 0.15) is 33.6 Å². The van der Waals surface area contributed by atoms with Gasteiger partial charge in [0.25, 0.3) is 0 Å². The molecule has 4 heteroatoms. The van der Waals surface area contributed by atoms with E-state index in [1.54, 1.807) is 0 Å². The number of amides is 2. The van der Waals surface area contributed by atoms with Gasteiger partial charge < -0.3 is 10.2 Å². The Kier molecular flexibility index (Phi) is 4.12. The van der Waals surface area contributed by atoms with Gasteiger partial charge in [-0.1, -0.05) is 6.92 Å². The molecule has 0 saturated carbocycles. The van der Waals surface area contributed by atoms with Crippen molar-refractivity contribution in [3.8, 4) is 0 Å². The summed E-state index contributed by atoms with van der Waals surface area (Å²) in [6, 6.07) is 0.262. The van der Waals surface area contributed by atoms with Crippen LogP contribution in [0.4, 0.5) is 0 Å². The lowest BCUT2D eigenvalue weighted by atomic mass is 10.1. The third-order valence-electron chi connectivity index (χ3n) is 3.07. The number of nitrogens with one attached hydrogen (secondary N) is 1. The van der Waals surface area contributed by atoms with Crippen molar-refractivity contribution in [1.29, 1.82) is 0 Å². The first-order valence-electron chi connectivity index (χ1n) is 5.67. The fourth-order valence-electron chi connectivity index (χ4n) is 1.92. The minimum Gasteiger partial charge on any atom is -0.355 e. The molecule has 1 fully saturated rings. The zero-order valence-corrected chi connectivity index (χ0v) is 9.75. The van der Waals surface area contributed by atoms with Crippen LogP contribution in [0.2, 0.25) is 0 Å². The number of nitrogens with zero attached hydrogens (tertiary/aromatic N) is 1. The topological polar surface area (TPSA) is 49.4 Å². The monoisotopic (exact) mass is 212 g/mol. The van der Waals surface area contributed by atoms with Crippen LogP contribution in [0, 0.1) is 5.92 Å². The van der Waals surface area contributed by atoms with Crippen molar-refractivity contribution >= 4 is 11.8 Å². The first-order chi connectivity index (χ1) is 7.10. The van der Waals surface area contributed by atoms with Crippen molar-refractivity contribution in [2.75, 3.05) is 13.1 Å². The maximum absolute atomic E-state index is 12.1. The Morgan fingerprint density at radius 1 is 1.60 bits per heavy atom. The molecule has 1 N–H and O–H groups in total. The minimum absolute atomic E-state index is 0.00597. The molecular weight excluding hydrogens is 192 g/mol. The van der Waals surface area contributed by atoms with Crippen LogP contribution in [0.5, 0.6) is 0 Å². The predicted molar refractivity (Wildman–Crippen MR) is 58.3 cm³/mol. The molecule has 0 aromatic carbocycles. The molecule has 4 nitrogen and oxygen atoms in total. The number of hydrogen-bond donors (Lipinski definition) is 1. The second kappa shape index (κ2) is 5.14. The molecule has 2 amide bonds. The van der Waals surface area contributed by atoms with Gasteiger partial charge in [-0.15, -0.1) is 0 Å². The maximum atomic E-state index is 12.1. The van der Waals surface area contributed by atoms with E-state index in [1.807, 2.05) is 18.7 Å². The molecule has 0 spiro atoms. The molecule has 2 atom stereocenters. The van der Waals surface area contributed by atoms with Crippen LogP contribution in [0.3, 0.4) is 0 Å². The van der Waals surface area contributed by atoms with Crippen molar-refractivity contribution in [3.05, 3.63) is 0 Å². The molecular formula is C11H20N2O2. The van der Waals surface area contributed by atoms with Crippen molar-refractivity contribution in [3.63, 3.8) is 0 Å². The average molecular weight is 212 g/mol.